The molecule has 0 bridgehead atoms. The average molecular weight is 321 g/mol. The molecule has 1 N–H and O–H groups in total. The van der Waals surface area contributed by atoms with Gasteiger partial charge in [0.25, 0.3) is 0 Å². The lowest BCUT2D eigenvalue weighted by Gasteiger charge is -2.07. The van der Waals surface area contributed by atoms with E-state index in [1.807, 2.05) is 18.2 Å². The predicted octanol–water partition coefficient (Wildman–Crippen LogP) is 3.68. The highest BCUT2D eigenvalue weighted by Crippen LogP contribution is 2.34. The lowest BCUT2D eigenvalue weighted by Crippen LogP contribution is -2.01. The number of aliphatic hydroxyl groups is 1. The summed E-state index contributed by atoms with van der Waals surface area (Å²) in [5.41, 5.74) is 2.16. The van der Waals surface area contributed by atoms with E-state index in [0.29, 0.717) is 12.4 Å². The molecule has 0 fully saturated rings. The van der Waals surface area contributed by atoms with Crippen LogP contribution in [-0.2, 0) is 6.42 Å². The summed E-state index contributed by atoms with van der Waals surface area (Å²) in [6.07, 6.45) is 4.20. The van der Waals surface area contributed by atoms with Gasteiger partial charge in [-0.05, 0) is 30.3 Å². The molecule has 4 nitrogen and oxygen atoms in total. The standard InChI is InChI=1S/C18H15N3OS/c22-11-8-14-6-7-17(23-14)16-12-13-4-1-2-5-15(13)21(16)18-19-9-3-10-20-18/h1-7,9-10,12,22H,8,11H2. The number of thiophene rings is 1. The molecular weight excluding hydrogens is 306 g/mol. The molecule has 0 aliphatic rings. The van der Waals surface area contributed by atoms with Crippen LogP contribution < -0.4 is 0 Å². The number of para-hydroxylation sites is 1. The van der Waals surface area contributed by atoms with Gasteiger partial charge in [0.05, 0.1) is 16.1 Å². The average Bonchev–Trinajstić information content (AvgIpc) is 3.20. The molecule has 3 aromatic heterocycles. The first kappa shape index (κ1) is 14.1. The van der Waals surface area contributed by atoms with Gasteiger partial charge >= 0.3 is 0 Å². The van der Waals surface area contributed by atoms with Crippen LogP contribution in [0.3, 0.4) is 0 Å². The number of hydrogen-bond donors (Lipinski definition) is 1. The molecule has 0 radical (unpaired) electrons. The zero-order valence-electron chi connectivity index (χ0n) is 12.4. The third kappa shape index (κ3) is 2.54. The summed E-state index contributed by atoms with van der Waals surface area (Å²) in [6, 6.07) is 16.4. The molecule has 0 atom stereocenters. The fourth-order valence-corrected chi connectivity index (χ4v) is 3.72. The molecular formula is C18H15N3OS. The first-order valence-electron chi connectivity index (χ1n) is 7.44. The van der Waals surface area contributed by atoms with Gasteiger partial charge in [0.15, 0.2) is 0 Å². The molecule has 114 valence electrons. The molecule has 23 heavy (non-hydrogen) atoms. The van der Waals surface area contributed by atoms with Crippen molar-refractivity contribution < 1.29 is 5.11 Å². The van der Waals surface area contributed by atoms with Gasteiger partial charge in [-0.1, -0.05) is 18.2 Å². The molecule has 0 amide bonds. The fourth-order valence-electron chi connectivity index (χ4n) is 2.72. The molecule has 0 aliphatic carbocycles. The monoisotopic (exact) mass is 321 g/mol. The number of benzene rings is 1. The Kier molecular flexibility index (Phi) is 3.65. The molecule has 0 unspecified atom stereocenters. The number of fused-ring (bicyclic) bond motifs is 1. The van der Waals surface area contributed by atoms with Crippen LogP contribution in [0.25, 0.3) is 27.4 Å². The van der Waals surface area contributed by atoms with Crippen LogP contribution in [0.1, 0.15) is 4.88 Å². The van der Waals surface area contributed by atoms with Crippen molar-refractivity contribution in [2.45, 2.75) is 6.42 Å². The van der Waals surface area contributed by atoms with Gasteiger partial charge < -0.3 is 5.11 Å². The van der Waals surface area contributed by atoms with E-state index in [0.717, 1.165) is 21.5 Å². The van der Waals surface area contributed by atoms with E-state index in [9.17, 15) is 0 Å². The Morgan fingerprint density at radius 2 is 1.83 bits per heavy atom. The molecule has 4 rings (SSSR count). The van der Waals surface area contributed by atoms with Crippen LogP contribution in [0.15, 0.2) is 60.9 Å². The Morgan fingerprint density at radius 1 is 1.00 bits per heavy atom. The summed E-state index contributed by atoms with van der Waals surface area (Å²) in [4.78, 5) is 11.2. The van der Waals surface area contributed by atoms with Crippen molar-refractivity contribution in [2.24, 2.45) is 0 Å². The lowest BCUT2D eigenvalue weighted by molar-refractivity contribution is 0.300. The number of aromatic nitrogens is 3. The molecule has 0 aliphatic heterocycles. The van der Waals surface area contributed by atoms with Gasteiger partial charge in [-0.2, -0.15) is 0 Å². The highest BCUT2D eigenvalue weighted by molar-refractivity contribution is 7.15. The molecule has 0 saturated carbocycles. The third-order valence-electron chi connectivity index (χ3n) is 3.74. The van der Waals surface area contributed by atoms with Crippen molar-refractivity contribution in [1.29, 1.82) is 0 Å². The molecule has 0 saturated heterocycles. The second-order valence-electron chi connectivity index (χ2n) is 5.21. The molecule has 1 aromatic carbocycles. The van der Waals surface area contributed by atoms with Gasteiger partial charge in [0, 0.05) is 35.7 Å². The van der Waals surface area contributed by atoms with Crippen LogP contribution in [0.2, 0.25) is 0 Å². The van der Waals surface area contributed by atoms with Crippen molar-refractivity contribution in [1.82, 2.24) is 14.5 Å². The van der Waals surface area contributed by atoms with E-state index in [2.05, 4.69) is 44.9 Å². The van der Waals surface area contributed by atoms with Crippen molar-refractivity contribution in [3.05, 3.63) is 65.8 Å². The minimum atomic E-state index is 0.171. The maximum absolute atomic E-state index is 9.13. The van der Waals surface area contributed by atoms with Crippen molar-refractivity contribution >= 4 is 22.2 Å². The van der Waals surface area contributed by atoms with Crippen molar-refractivity contribution in [3.8, 4) is 16.5 Å². The largest absolute Gasteiger partial charge is 0.396 e. The molecule has 4 aromatic rings. The van der Waals surface area contributed by atoms with Gasteiger partial charge in [-0.15, -0.1) is 11.3 Å². The third-order valence-corrected chi connectivity index (χ3v) is 4.90. The van der Waals surface area contributed by atoms with Gasteiger partial charge in [-0.25, -0.2) is 9.97 Å². The van der Waals surface area contributed by atoms with E-state index in [1.165, 1.54) is 4.88 Å². The Hall–Kier alpha value is -2.50. The minimum Gasteiger partial charge on any atom is -0.396 e. The number of rotatable bonds is 4. The Morgan fingerprint density at radius 3 is 2.65 bits per heavy atom. The summed E-state index contributed by atoms with van der Waals surface area (Å²) < 4.78 is 2.09. The molecule has 0 spiro atoms. The second kappa shape index (κ2) is 5.95. The summed E-state index contributed by atoms with van der Waals surface area (Å²) >= 11 is 1.70. The Balaban J connectivity index is 1.95. The van der Waals surface area contributed by atoms with Crippen LogP contribution in [-0.4, -0.2) is 26.2 Å². The maximum Gasteiger partial charge on any atom is 0.234 e. The van der Waals surface area contributed by atoms with Crippen molar-refractivity contribution in [2.75, 3.05) is 6.61 Å². The summed E-state index contributed by atoms with van der Waals surface area (Å²) in [5.74, 6) is 0.667. The zero-order valence-corrected chi connectivity index (χ0v) is 13.2. The number of nitrogens with zero attached hydrogens (tertiary/aromatic N) is 3. The first-order valence-corrected chi connectivity index (χ1v) is 8.26. The summed E-state index contributed by atoms with van der Waals surface area (Å²) in [5, 5.41) is 10.3. The highest BCUT2D eigenvalue weighted by Gasteiger charge is 2.15. The first-order chi connectivity index (χ1) is 11.4. The Bertz CT molecular complexity index is 943. The van der Waals surface area contributed by atoms with Gasteiger partial charge in [-0.3, -0.25) is 4.57 Å². The Labute approximate surface area is 137 Å². The van der Waals surface area contributed by atoms with E-state index in [1.54, 1.807) is 23.7 Å². The molecule has 3 heterocycles. The second-order valence-corrected chi connectivity index (χ2v) is 6.38. The van der Waals surface area contributed by atoms with Crippen molar-refractivity contribution in [3.63, 3.8) is 0 Å². The van der Waals surface area contributed by atoms with E-state index < -0.39 is 0 Å². The van der Waals surface area contributed by atoms with Gasteiger partial charge in [0.1, 0.15) is 0 Å². The SMILES string of the molecule is OCCc1ccc(-c2cc3ccccc3n2-c2ncccn2)s1. The smallest absolute Gasteiger partial charge is 0.234 e. The summed E-state index contributed by atoms with van der Waals surface area (Å²) in [6.45, 7) is 0.171. The molecule has 5 heteroatoms. The predicted molar refractivity (Wildman–Crippen MR) is 93.0 cm³/mol. The number of hydrogen-bond acceptors (Lipinski definition) is 4. The quantitative estimate of drug-likeness (QED) is 0.624. The van der Waals surface area contributed by atoms with Crippen LogP contribution in [0.5, 0.6) is 0 Å². The van der Waals surface area contributed by atoms with Crippen LogP contribution >= 0.6 is 11.3 Å². The lowest BCUT2D eigenvalue weighted by atomic mass is 10.2. The zero-order chi connectivity index (χ0) is 15.6. The minimum absolute atomic E-state index is 0.171. The maximum atomic E-state index is 9.13. The number of aliphatic hydroxyl groups excluding tert-OH is 1. The van der Waals surface area contributed by atoms with Crippen LogP contribution in [0, 0.1) is 0 Å². The van der Waals surface area contributed by atoms with E-state index >= 15 is 0 Å². The highest BCUT2D eigenvalue weighted by atomic mass is 32.1. The van der Waals surface area contributed by atoms with E-state index in [4.69, 9.17) is 5.11 Å². The normalized spacial score (nSPS) is 11.2. The van der Waals surface area contributed by atoms with E-state index in [-0.39, 0.29) is 6.61 Å². The summed E-state index contributed by atoms with van der Waals surface area (Å²) in [7, 11) is 0. The fraction of sp³-hybridized carbons (Fsp3) is 0.111. The van der Waals surface area contributed by atoms with Gasteiger partial charge in [0.2, 0.25) is 5.95 Å². The van der Waals surface area contributed by atoms with Crippen LogP contribution in [0.4, 0.5) is 0 Å². The topological polar surface area (TPSA) is 50.9 Å².